The third-order valence-corrected chi connectivity index (χ3v) is 5.40. The predicted octanol–water partition coefficient (Wildman–Crippen LogP) is -1.36. The number of rotatable bonds is 3. The number of aromatic amines is 1. The summed E-state index contributed by atoms with van der Waals surface area (Å²) in [7, 11) is 0. The van der Waals surface area contributed by atoms with Crippen LogP contribution in [0.1, 0.15) is 11.8 Å². The number of aryl methyl sites for hydroxylation is 1. The van der Waals surface area contributed by atoms with E-state index in [-0.39, 0.29) is 26.4 Å². The van der Waals surface area contributed by atoms with Crippen LogP contribution in [-0.4, -0.2) is 53.5 Å². The molecule has 0 bridgehead atoms. The number of H-pyrrole nitrogens is 1. The number of hydrogen-bond donors (Lipinski definition) is 3. The number of aliphatic hydroxyl groups is 2. The molecule has 0 aliphatic carbocycles. The molecule has 1 aromatic rings. The molecule has 7 nitrogen and oxygen atoms in total. The molecule has 2 heterocycles. The number of aliphatic hydroxyl groups excluding tert-OH is 2. The predicted molar refractivity (Wildman–Crippen MR) is 68.4 cm³/mol. The zero-order valence-corrected chi connectivity index (χ0v) is 12.3. The van der Waals surface area contributed by atoms with Crippen LogP contribution in [0.3, 0.4) is 0 Å². The normalized spacial score (nSPS) is 30.7. The number of nitrogens with zero attached hydrogens (tertiary/aromatic N) is 1. The van der Waals surface area contributed by atoms with Gasteiger partial charge in [0.25, 0.3) is 0 Å². The van der Waals surface area contributed by atoms with Crippen molar-refractivity contribution >= 4 is 15.0 Å². The summed E-state index contributed by atoms with van der Waals surface area (Å²) < 4.78 is 6.83. The van der Waals surface area contributed by atoms with Crippen LogP contribution in [0.25, 0.3) is 0 Å². The molecule has 19 heavy (non-hydrogen) atoms. The summed E-state index contributed by atoms with van der Waals surface area (Å²) in [5.41, 5.74) is -0.606. The average Bonchev–Trinajstić information content (AvgIpc) is 2.70. The van der Waals surface area contributed by atoms with Gasteiger partial charge in [0.2, 0.25) is 0 Å². The van der Waals surface area contributed by atoms with Gasteiger partial charge < -0.3 is 0 Å². The van der Waals surface area contributed by atoms with Crippen LogP contribution < -0.4 is 11.2 Å². The first-order chi connectivity index (χ1) is 8.99. The Morgan fingerprint density at radius 3 is 2.79 bits per heavy atom. The minimum atomic E-state index is -0.806. The Morgan fingerprint density at radius 2 is 2.21 bits per heavy atom. The molecule has 0 radical (unpaired) electrons. The third kappa shape index (κ3) is 2.54. The summed E-state index contributed by atoms with van der Waals surface area (Å²) in [5.74, 6) is 1.93. The summed E-state index contributed by atoms with van der Waals surface area (Å²) in [6.07, 6.45) is -0.730. The second-order valence-corrected chi connectivity index (χ2v) is 6.55. The van der Waals surface area contributed by atoms with Crippen molar-refractivity contribution in [2.75, 3.05) is 6.61 Å². The van der Waals surface area contributed by atoms with Crippen molar-refractivity contribution in [3.05, 3.63) is 32.6 Å². The molecule has 0 unspecified atom stereocenters. The second kappa shape index (κ2) is 5.60. The molecule has 0 saturated carbocycles. The van der Waals surface area contributed by atoms with Crippen molar-refractivity contribution in [2.24, 2.45) is 0 Å². The van der Waals surface area contributed by atoms with Gasteiger partial charge in [0, 0.05) is 0 Å². The Hall–Kier alpha value is -0.921. The van der Waals surface area contributed by atoms with Gasteiger partial charge in [-0.15, -0.1) is 0 Å². The van der Waals surface area contributed by atoms with Crippen LogP contribution in [0, 0.1) is 6.92 Å². The van der Waals surface area contributed by atoms with Crippen molar-refractivity contribution < 1.29 is 14.9 Å². The van der Waals surface area contributed by atoms with Gasteiger partial charge in [-0.25, -0.2) is 0 Å². The number of ether oxygens (including phenoxy) is 1. The van der Waals surface area contributed by atoms with Gasteiger partial charge in [0.1, 0.15) is 0 Å². The van der Waals surface area contributed by atoms with E-state index in [1.807, 2.05) is 5.82 Å². The maximum atomic E-state index is 11.8. The zero-order valence-electron chi connectivity index (χ0n) is 10.6. The molecule has 0 aromatic carbocycles. The molecule has 1 fully saturated rings. The van der Waals surface area contributed by atoms with Crippen LogP contribution in [0.15, 0.2) is 15.8 Å². The molecule has 1 aliphatic heterocycles. The van der Waals surface area contributed by atoms with E-state index in [1.54, 1.807) is 6.92 Å². The van der Waals surface area contributed by atoms with E-state index in [2.05, 4.69) is 4.98 Å². The minimum absolute atomic E-state index is 0.0253. The van der Waals surface area contributed by atoms with Gasteiger partial charge in [-0.05, 0) is 0 Å². The van der Waals surface area contributed by atoms with Crippen LogP contribution in [0.4, 0.5) is 0 Å². The summed E-state index contributed by atoms with van der Waals surface area (Å²) in [5, 5.41) is 19.2. The molecule has 1 aliphatic rings. The van der Waals surface area contributed by atoms with Gasteiger partial charge >= 0.3 is 115 Å². The topological polar surface area (TPSA) is 105 Å². The first-order valence-electron chi connectivity index (χ1n) is 5.78. The van der Waals surface area contributed by atoms with E-state index in [0.29, 0.717) is 5.56 Å². The Labute approximate surface area is 115 Å². The second-order valence-electron chi connectivity index (χ2n) is 4.42. The standard InChI is InChI=1S/C11H16N2O5Se/c1-5-3-13(11(17)12-9(5)16)10-8(19-2)7(15)6(4-14)18-10/h3,6-8,10,14-15H,4H2,1-2H3,(H,12,16,17)/t6-,7-,8+,10-/m1/s1. The Morgan fingerprint density at radius 1 is 1.53 bits per heavy atom. The van der Waals surface area contributed by atoms with E-state index < -0.39 is 29.7 Å². The molecule has 2 rings (SSSR count). The van der Waals surface area contributed by atoms with Crippen molar-refractivity contribution in [3.63, 3.8) is 0 Å². The van der Waals surface area contributed by atoms with Gasteiger partial charge in [0.15, 0.2) is 0 Å². The summed E-state index contributed by atoms with van der Waals surface area (Å²) >= 11 is 0.0253. The molecule has 0 amide bonds. The Kier molecular flexibility index (Phi) is 4.27. The van der Waals surface area contributed by atoms with Crippen molar-refractivity contribution in [3.8, 4) is 0 Å². The van der Waals surface area contributed by atoms with E-state index >= 15 is 0 Å². The summed E-state index contributed by atoms with van der Waals surface area (Å²) in [6.45, 7) is 1.29. The maximum absolute atomic E-state index is 11.8. The molecule has 1 saturated heterocycles. The van der Waals surface area contributed by atoms with Gasteiger partial charge in [0.05, 0.1) is 0 Å². The van der Waals surface area contributed by atoms with E-state index in [9.17, 15) is 14.7 Å². The number of nitrogens with one attached hydrogen (secondary N) is 1. The molecule has 0 spiro atoms. The molecule has 4 atom stereocenters. The fraction of sp³-hybridized carbons (Fsp3) is 0.636. The molecule has 3 N–H and O–H groups in total. The number of aromatic nitrogens is 2. The van der Waals surface area contributed by atoms with Gasteiger partial charge in [-0.2, -0.15) is 0 Å². The Balaban J connectivity index is 2.44. The molecular weight excluding hydrogens is 319 g/mol. The first-order valence-corrected chi connectivity index (χ1v) is 8.49. The van der Waals surface area contributed by atoms with E-state index in [4.69, 9.17) is 9.84 Å². The van der Waals surface area contributed by atoms with Crippen LogP contribution >= 0.6 is 0 Å². The molecule has 8 heteroatoms. The van der Waals surface area contributed by atoms with Crippen molar-refractivity contribution in [2.45, 2.75) is 36.0 Å². The van der Waals surface area contributed by atoms with Crippen molar-refractivity contribution in [1.82, 2.24) is 9.55 Å². The fourth-order valence-corrected chi connectivity index (χ4v) is 3.97. The quantitative estimate of drug-likeness (QED) is 0.592. The van der Waals surface area contributed by atoms with E-state index in [0.717, 1.165) is 0 Å². The fourth-order valence-electron chi connectivity index (χ4n) is 2.12. The summed E-state index contributed by atoms with van der Waals surface area (Å²) in [6, 6.07) is 0. The number of hydrogen-bond acceptors (Lipinski definition) is 5. The van der Waals surface area contributed by atoms with Crippen LogP contribution in [-0.2, 0) is 4.74 Å². The van der Waals surface area contributed by atoms with Gasteiger partial charge in [-0.3, -0.25) is 0 Å². The van der Waals surface area contributed by atoms with Crippen molar-refractivity contribution in [1.29, 1.82) is 0 Å². The van der Waals surface area contributed by atoms with Crippen LogP contribution in [0.5, 0.6) is 0 Å². The SMILES string of the molecule is C[Se][C@H]1[C@H](O)[C@@H](CO)O[C@H]1n1cc(C)c(=O)[nH]c1=O. The van der Waals surface area contributed by atoms with Gasteiger partial charge in [-0.1, -0.05) is 0 Å². The molecular formula is C11H16N2O5Se. The Bertz CT molecular complexity index is 569. The zero-order chi connectivity index (χ0) is 14.2. The first kappa shape index (κ1) is 14.5. The monoisotopic (exact) mass is 336 g/mol. The third-order valence-electron chi connectivity index (χ3n) is 3.18. The average molecular weight is 335 g/mol. The molecule has 106 valence electrons. The van der Waals surface area contributed by atoms with E-state index in [1.165, 1.54) is 10.8 Å². The molecule has 1 aromatic heterocycles. The summed E-state index contributed by atoms with van der Waals surface area (Å²) in [4.78, 5) is 25.1. The van der Waals surface area contributed by atoms with Crippen LogP contribution in [0.2, 0.25) is 10.6 Å².